The number of benzene rings is 1. The topological polar surface area (TPSA) is 33.1 Å². The highest BCUT2D eigenvalue weighted by Crippen LogP contribution is 2.29. The lowest BCUT2D eigenvalue weighted by Gasteiger charge is -1.93. The van der Waals surface area contributed by atoms with Crippen molar-refractivity contribution in [3.05, 3.63) is 47.7 Å². The largest absolute Gasteiger partial charge is 0.360 e. The van der Waals surface area contributed by atoms with Gasteiger partial charge >= 0.3 is 0 Å². The third-order valence-corrected chi connectivity index (χ3v) is 4.21. The van der Waals surface area contributed by atoms with Gasteiger partial charge in [0.05, 0.1) is 5.69 Å². The fourth-order valence-corrected chi connectivity index (χ4v) is 3.16. The van der Waals surface area contributed by atoms with Crippen molar-refractivity contribution in [3.63, 3.8) is 0 Å². The minimum atomic E-state index is 1.03. The number of nitrogens with zero attached hydrogens (tertiary/aromatic N) is 2. The number of fused-ring (bicyclic) bond motifs is 2. The molecule has 0 bridgehead atoms. The van der Waals surface area contributed by atoms with E-state index in [4.69, 9.17) is 0 Å². The Balaban J connectivity index is 2.01. The lowest BCUT2D eigenvalue weighted by atomic mass is 10.1. The third-order valence-electron chi connectivity index (χ3n) is 3.25. The van der Waals surface area contributed by atoms with Crippen molar-refractivity contribution < 1.29 is 0 Å². The van der Waals surface area contributed by atoms with Crippen molar-refractivity contribution >= 4 is 27.2 Å². The summed E-state index contributed by atoms with van der Waals surface area (Å²) in [5.74, 6) is 0. The first-order valence-corrected chi connectivity index (χ1v) is 6.70. The number of aromatic amines is 1. The average Bonchev–Trinajstić information content (AvgIpc) is 3.05. The van der Waals surface area contributed by atoms with Crippen LogP contribution in [0.2, 0.25) is 0 Å². The van der Waals surface area contributed by atoms with Gasteiger partial charge < -0.3 is 4.98 Å². The molecule has 0 radical (unpaired) electrons. The fourth-order valence-electron chi connectivity index (χ4n) is 2.31. The molecule has 4 aromatic rings. The molecule has 0 saturated carbocycles. The van der Waals surface area contributed by atoms with Gasteiger partial charge in [-0.1, -0.05) is 18.2 Å². The Morgan fingerprint density at radius 3 is 3.06 bits per heavy atom. The minimum absolute atomic E-state index is 1.03. The molecule has 4 rings (SSSR count). The summed E-state index contributed by atoms with van der Waals surface area (Å²) in [6.07, 6.45) is 4.14. The maximum Gasteiger partial charge on any atom is 0.194 e. The van der Waals surface area contributed by atoms with Gasteiger partial charge in [-0.2, -0.15) is 0 Å². The number of H-pyrrole nitrogens is 1. The number of nitrogens with one attached hydrogen (secondary N) is 1. The molecule has 3 nitrogen and oxygen atoms in total. The molecule has 0 aliphatic heterocycles. The van der Waals surface area contributed by atoms with Crippen LogP contribution in [0, 0.1) is 6.92 Å². The summed E-state index contributed by atoms with van der Waals surface area (Å²) in [5, 5.41) is 3.35. The van der Waals surface area contributed by atoms with E-state index in [1.165, 1.54) is 16.6 Å². The number of para-hydroxylation sites is 1. The molecule has 0 aliphatic rings. The van der Waals surface area contributed by atoms with E-state index in [1.54, 1.807) is 11.3 Å². The number of imidazole rings is 1. The second kappa shape index (κ2) is 3.46. The normalized spacial score (nSPS) is 11.6. The molecular formula is C14H11N3S. The van der Waals surface area contributed by atoms with Crippen LogP contribution in [-0.4, -0.2) is 14.4 Å². The van der Waals surface area contributed by atoms with Crippen LogP contribution in [0.5, 0.6) is 0 Å². The highest BCUT2D eigenvalue weighted by Gasteiger charge is 2.11. The van der Waals surface area contributed by atoms with Gasteiger partial charge in [-0.15, -0.1) is 11.3 Å². The van der Waals surface area contributed by atoms with Gasteiger partial charge in [0.25, 0.3) is 0 Å². The van der Waals surface area contributed by atoms with Crippen LogP contribution < -0.4 is 0 Å². The smallest absolute Gasteiger partial charge is 0.194 e. The summed E-state index contributed by atoms with van der Waals surface area (Å²) in [6, 6.07) is 8.31. The molecule has 4 heteroatoms. The monoisotopic (exact) mass is 253 g/mol. The molecule has 0 fully saturated rings. The van der Waals surface area contributed by atoms with E-state index in [0.29, 0.717) is 0 Å². The highest BCUT2D eigenvalue weighted by molar-refractivity contribution is 7.15. The van der Waals surface area contributed by atoms with Crippen LogP contribution in [0.25, 0.3) is 27.1 Å². The average molecular weight is 253 g/mol. The van der Waals surface area contributed by atoms with Crippen molar-refractivity contribution in [1.29, 1.82) is 0 Å². The first-order valence-electron chi connectivity index (χ1n) is 5.82. The fraction of sp³-hybridized carbons (Fsp3) is 0.0714. The lowest BCUT2D eigenvalue weighted by molar-refractivity contribution is 1.13. The van der Waals surface area contributed by atoms with Crippen LogP contribution in [0.3, 0.4) is 0 Å². The van der Waals surface area contributed by atoms with Crippen molar-refractivity contribution in [2.45, 2.75) is 6.92 Å². The molecular weight excluding hydrogens is 242 g/mol. The Morgan fingerprint density at radius 1 is 1.28 bits per heavy atom. The molecule has 0 spiro atoms. The zero-order valence-corrected chi connectivity index (χ0v) is 10.7. The van der Waals surface area contributed by atoms with Gasteiger partial charge in [0, 0.05) is 39.9 Å². The van der Waals surface area contributed by atoms with Crippen LogP contribution >= 0.6 is 11.3 Å². The predicted molar refractivity (Wildman–Crippen MR) is 75.1 cm³/mol. The van der Waals surface area contributed by atoms with Crippen molar-refractivity contribution in [1.82, 2.24) is 14.4 Å². The number of hydrogen-bond acceptors (Lipinski definition) is 2. The van der Waals surface area contributed by atoms with E-state index in [9.17, 15) is 0 Å². The molecule has 0 aliphatic carbocycles. The molecule has 3 aromatic heterocycles. The molecule has 0 atom stereocenters. The number of aromatic nitrogens is 3. The molecule has 0 amide bonds. The summed E-state index contributed by atoms with van der Waals surface area (Å²) in [5.41, 5.74) is 4.58. The van der Waals surface area contributed by atoms with E-state index in [0.717, 1.165) is 16.2 Å². The first-order chi connectivity index (χ1) is 8.83. The summed E-state index contributed by atoms with van der Waals surface area (Å²) in [4.78, 5) is 9.03. The quantitative estimate of drug-likeness (QED) is 0.549. The molecule has 1 aromatic carbocycles. The zero-order chi connectivity index (χ0) is 12.1. The summed E-state index contributed by atoms with van der Waals surface area (Å²) < 4.78 is 2.14. The Labute approximate surface area is 108 Å². The maximum atomic E-state index is 4.69. The predicted octanol–water partition coefficient (Wildman–Crippen LogP) is 3.85. The lowest BCUT2D eigenvalue weighted by Crippen LogP contribution is -1.78. The van der Waals surface area contributed by atoms with Crippen molar-refractivity contribution in [3.8, 4) is 11.3 Å². The SMILES string of the molecule is Cc1csc2nc(-c3c[nH]c4ccccc34)cn12. The van der Waals surface area contributed by atoms with Gasteiger partial charge in [0.2, 0.25) is 0 Å². The Bertz CT molecular complexity index is 850. The maximum absolute atomic E-state index is 4.69. The second-order valence-corrected chi connectivity index (χ2v) is 5.24. The molecule has 18 heavy (non-hydrogen) atoms. The highest BCUT2D eigenvalue weighted by atomic mass is 32.1. The number of thiazole rings is 1. The standard InChI is InChI=1S/C14H11N3S/c1-9-8-18-14-16-13(7-17(9)14)11-6-15-12-5-3-2-4-10(11)12/h2-8,15H,1H3. The van der Waals surface area contributed by atoms with Gasteiger partial charge in [-0.25, -0.2) is 4.98 Å². The zero-order valence-electron chi connectivity index (χ0n) is 9.84. The number of aryl methyl sites for hydroxylation is 1. The van der Waals surface area contributed by atoms with E-state index < -0.39 is 0 Å². The molecule has 0 unspecified atom stereocenters. The summed E-state index contributed by atoms with van der Waals surface area (Å²) in [7, 11) is 0. The first kappa shape index (κ1) is 9.91. The molecule has 88 valence electrons. The number of rotatable bonds is 1. The van der Waals surface area contributed by atoms with Crippen LogP contribution in [0.1, 0.15) is 5.69 Å². The number of hydrogen-bond donors (Lipinski definition) is 1. The van der Waals surface area contributed by atoms with E-state index in [2.05, 4.69) is 51.1 Å². The van der Waals surface area contributed by atoms with E-state index >= 15 is 0 Å². The van der Waals surface area contributed by atoms with Crippen LogP contribution in [0.4, 0.5) is 0 Å². The van der Waals surface area contributed by atoms with Gasteiger partial charge in [0.15, 0.2) is 4.96 Å². The van der Waals surface area contributed by atoms with Gasteiger partial charge in [-0.3, -0.25) is 4.40 Å². The Morgan fingerprint density at radius 2 is 2.17 bits per heavy atom. The van der Waals surface area contributed by atoms with Crippen LogP contribution in [0.15, 0.2) is 42.0 Å². The summed E-state index contributed by atoms with van der Waals surface area (Å²) in [6.45, 7) is 2.10. The van der Waals surface area contributed by atoms with E-state index in [1.807, 2.05) is 12.3 Å². The Hall–Kier alpha value is -2.07. The van der Waals surface area contributed by atoms with Crippen molar-refractivity contribution in [2.24, 2.45) is 0 Å². The molecule has 3 heterocycles. The third kappa shape index (κ3) is 1.26. The second-order valence-electron chi connectivity index (χ2n) is 4.40. The molecule has 0 saturated heterocycles. The Kier molecular flexibility index (Phi) is 1.91. The van der Waals surface area contributed by atoms with Gasteiger partial charge in [0.1, 0.15) is 0 Å². The molecule has 1 N–H and O–H groups in total. The van der Waals surface area contributed by atoms with Gasteiger partial charge in [-0.05, 0) is 13.0 Å². The van der Waals surface area contributed by atoms with E-state index in [-0.39, 0.29) is 0 Å². The van der Waals surface area contributed by atoms with Crippen LogP contribution in [-0.2, 0) is 0 Å². The minimum Gasteiger partial charge on any atom is -0.360 e. The summed E-state index contributed by atoms with van der Waals surface area (Å²) >= 11 is 1.68. The van der Waals surface area contributed by atoms with Crippen molar-refractivity contribution in [2.75, 3.05) is 0 Å².